The fourth-order valence-corrected chi connectivity index (χ4v) is 3.11. The molecule has 0 aromatic carbocycles. The predicted octanol–water partition coefficient (Wildman–Crippen LogP) is -0.0731. The summed E-state index contributed by atoms with van der Waals surface area (Å²) in [4.78, 5) is 15.7. The van der Waals surface area contributed by atoms with E-state index in [9.17, 15) is 13.2 Å². The molecule has 11 nitrogen and oxygen atoms in total. The first kappa shape index (κ1) is 20.0. The molecular weight excluding hydrogens is 362 g/mol. The van der Waals surface area contributed by atoms with Gasteiger partial charge in [0.1, 0.15) is 5.82 Å². The number of aryl methyl sites for hydroxylation is 3. The molecule has 0 amide bonds. The summed E-state index contributed by atoms with van der Waals surface area (Å²) in [5, 5.41) is 11.1. The first-order valence-corrected chi connectivity index (χ1v) is 9.72. The summed E-state index contributed by atoms with van der Waals surface area (Å²) in [6, 6.07) is 0. The van der Waals surface area contributed by atoms with Crippen molar-refractivity contribution < 1.29 is 17.9 Å². The van der Waals surface area contributed by atoms with Crippen LogP contribution >= 0.6 is 0 Å². The van der Waals surface area contributed by atoms with Crippen LogP contribution in [0.25, 0.3) is 0 Å². The van der Waals surface area contributed by atoms with E-state index in [1.807, 2.05) is 0 Å². The Kier molecular flexibility index (Phi) is 6.80. The monoisotopic (exact) mass is 385 g/mol. The Hall–Kier alpha value is -2.34. The molecule has 0 aliphatic rings. The lowest BCUT2D eigenvalue weighted by atomic mass is 10.3. The maximum atomic E-state index is 12.1. The maximum absolute atomic E-state index is 12.1. The number of nitrogens with one attached hydrogen (secondary N) is 1. The standard InChI is InChI=1S/C14H23N7O4S/c1-4-5-8-21-12(17-18-19-21)10-25-14(22)6-7-15-26(23,24)13-9-20(3)11(2)16-13/h9,15H,4-8,10H2,1-3H3. The van der Waals surface area contributed by atoms with E-state index < -0.39 is 16.0 Å². The van der Waals surface area contributed by atoms with E-state index in [2.05, 4.69) is 32.2 Å². The van der Waals surface area contributed by atoms with Gasteiger partial charge in [-0.15, -0.1) is 5.10 Å². The van der Waals surface area contributed by atoms with E-state index in [0.717, 1.165) is 12.8 Å². The lowest BCUT2D eigenvalue weighted by Crippen LogP contribution is -2.27. The molecule has 0 spiro atoms. The maximum Gasteiger partial charge on any atom is 0.307 e. The van der Waals surface area contributed by atoms with Gasteiger partial charge in [-0.3, -0.25) is 4.79 Å². The molecule has 0 aliphatic heterocycles. The van der Waals surface area contributed by atoms with Crippen LogP contribution < -0.4 is 4.72 Å². The Morgan fingerprint density at radius 1 is 1.38 bits per heavy atom. The van der Waals surface area contributed by atoms with Crippen molar-refractivity contribution in [3.05, 3.63) is 17.8 Å². The van der Waals surface area contributed by atoms with Crippen molar-refractivity contribution in [2.45, 2.75) is 51.3 Å². The van der Waals surface area contributed by atoms with Crippen molar-refractivity contribution in [3.8, 4) is 0 Å². The number of esters is 1. The molecule has 2 rings (SSSR count). The van der Waals surface area contributed by atoms with E-state index >= 15 is 0 Å². The van der Waals surface area contributed by atoms with Gasteiger partial charge in [-0.1, -0.05) is 13.3 Å². The van der Waals surface area contributed by atoms with Crippen LogP contribution in [0.4, 0.5) is 0 Å². The molecule has 0 saturated carbocycles. The predicted molar refractivity (Wildman–Crippen MR) is 90.3 cm³/mol. The average molecular weight is 385 g/mol. The van der Waals surface area contributed by atoms with Gasteiger partial charge >= 0.3 is 5.97 Å². The van der Waals surface area contributed by atoms with Crippen LogP contribution in [0.5, 0.6) is 0 Å². The Labute approximate surface area is 151 Å². The number of imidazole rings is 1. The number of ether oxygens (including phenoxy) is 1. The van der Waals surface area contributed by atoms with Gasteiger partial charge in [-0.05, 0) is 23.8 Å². The van der Waals surface area contributed by atoms with Crippen molar-refractivity contribution in [3.63, 3.8) is 0 Å². The highest BCUT2D eigenvalue weighted by molar-refractivity contribution is 7.89. The molecule has 0 fully saturated rings. The summed E-state index contributed by atoms with van der Waals surface area (Å²) in [5.41, 5.74) is 0. The van der Waals surface area contributed by atoms with Crippen LogP contribution in [0, 0.1) is 6.92 Å². The highest BCUT2D eigenvalue weighted by Crippen LogP contribution is 2.07. The van der Waals surface area contributed by atoms with Crippen LogP contribution in [0.2, 0.25) is 0 Å². The molecular formula is C14H23N7O4S. The summed E-state index contributed by atoms with van der Waals surface area (Å²) in [5.74, 6) is 0.483. The van der Waals surface area contributed by atoms with E-state index in [-0.39, 0.29) is 24.6 Å². The number of sulfonamides is 1. The van der Waals surface area contributed by atoms with Gasteiger partial charge in [0.05, 0.1) is 6.42 Å². The van der Waals surface area contributed by atoms with Gasteiger partial charge in [0, 0.05) is 26.3 Å². The molecule has 2 aromatic rings. The van der Waals surface area contributed by atoms with Crippen molar-refractivity contribution >= 4 is 16.0 Å². The zero-order valence-corrected chi connectivity index (χ0v) is 15.9. The smallest absolute Gasteiger partial charge is 0.307 e. The third-order valence-corrected chi connectivity index (χ3v) is 5.01. The molecule has 12 heteroatoms. The van der Waals surface area contributed by atoms with Crippen molar-refractivity contribution in [1.29, 1.82) is 0 Å². The van der Waals surface area contributed by atoms with E-state index in [1.54, 1.807) is 23.2 Å². The molecule has 1 N–H and O–H groups in total. The number of unbranched alkanes of at least 4 members (excludes halogenated alkanes) is 1. The van der Waals surface area contributed by atoms with Crippen molar-refractivity contribution in [1.82, 2.24) is 34.5 Å². The molecule has 0 bridgehead atoms. The first-order chi connectivity index (χ1) is 12.3. The summed E-state index contributed by atoms with van der Waals surface area (Å²) in [6.45, 7) is 4.26. The SMILES string of the molecule is CCCCn1nnnc1COC(=O)CCNS(=O)(=O)c1cn(C)c(C)n1. The summed E-state index contributed by atoms with van der Waals surface area (Å²) in [7, 11) is -2.06. The fourth-order valence-electron chi connectivity index (χ4n) is 2.04. The summed E-state index contributed by atoms with van der Waals surface area (Å²) < 4.78 is 34.8. The fraction of sp³-hybridized carbons (Fsp3) is 0.643. The minimum Gasteiger partial charge on any atom is -0.457 e. The number of aromatic nitrogens is 6. The largest absolute Gasteiger partial charge is 0.457 e. The highest BCUT2D eigenvalue weighted by Gasteiger charge is 2.18. The lowest BCUT2D eigenvalue weighted by Gasteiger charge is -2.06. The third-order valence-electron chi connectivity index (χ3n) is 3.67. The number of carbonyl (C=O) groups is 1. The normalized spacial score (nSPS) is 11.7. The number of rotatable bonds is 10. The van der Waals surface area contributed by atoms with Crippen molar-refractivity contribution in [2.75, 3.05) is 6.54 Å². The van der Waals surface area contributed by atoms with Crippen LogP contribution in [0.3, 0.4) is 0 Å². The molecule has 26 heavy (non-hydrogen) atoms. The van der Waals surface area contributed by atoms with E-state index in [4.69, 9.17) is 4.74 Å². The van der Waals surface area contributed by atoms with Gasteiger partial charge in [-0.2, -0.15) is 0 Å². The summed E-state index contributed by atoms with van der Waals surface area (Å²) >= 11 is 0. The van der Waals surface area contributed by atoms with Gasteiger partial charge in [0.15, 0.2) is 17.5 Å². The number of nitrogens with zero attached hydrogens (tertiary/aromatic N) is 6. The summed E-state index contributed by atoms with van der Waals surface area (Å²) in [6.07, 6.45) is 3.21. The Morgan fingerprint density at radius 3 is 2.81 bits per heavy atom. The Balaban J connectivity index is 1.78. The second kappa shape index (κ2) is 8.85. The van der Waals surface area contributed by atoms with Crippen LogP contribution in [0.15, 0.2) is 11.2 Å². The zero-order valence-electron chi connectivity index (χ0n) is 15.0. The molecule has 0 aliphatic carbocycles. The molecule has 2 aromatic heterocycles. The minimum atomic E-state index is -3.76. The third kappa shape index (κ3) is 5.33. The van der Waals surface area contributed by atoms with Gasteiger partial charge < -0.3 is 9.30 Å². The molecule has 0 unspecified atom stereocenters. The molecule has 0 atom stereocenters. The molecule has 0 saturated heterocycles. The van der Waals surface area contributed by atoms with Gasteiger partial charge in [0.2, 0.25) is 0 Å². The Bertz CT molecular complexity index is 824. The quantitative estimate of drug-likeness (QED) is 0.562. The van der Waals surface area contributed by atoms with Crippen LogP contribution in [-0.2, 0) is 39.8 Å². The molecule has 2 heterocycles. The molecule has 144 valence electrons. The first-order valence-electron chi connectivity index (χ1n) is 8.23. The number of hydrogen-bond acceptors (Lipinski definition) is 8. The van der Waals surface area contributed by atoms with Gasteiger partial charge in [0.25, 0.3) is 10.0 Å². The zero-order chi connectivity index (χ0) is 19.2. The highest BCUT2D eigenvalue weighted by atomic mass is 32.2. The van der Waals surface area contributed by atoms with Crippen molar-refractivity contribution in [2.24, 2.45) is 7.05 Å². The van der Waals surface area contributed by atoms with Crippen LogP contribution in [0.1, 0.15) is 37.8 Å². The minimum absolute atomic E-state index is 0.0538. The second-order valence-corrected chi connectivity index (χ2v) is 7.43. The topological polar surface area (TPSA) is 134 Å². The average Bonchev–Trinajstić information content (AvgIpc) is 3.18. The van der Waals surface area contributed by atoms with E-state index in [0.29, 0.717) is 18.2 Å². The molecule has 0 radical (unpaired) electrons. The lowest BCUT2D eigenvalue weighted by molar-refractivity contribution is -0.145. The van der Waals surface area contributed by atoms with Gasteiger partial charge in [-0.25, -0.2) is 22.8 Å². The number of hydrogen-bond donors (Lipinski definition) is 1. The number of carbonyl (C=O) groups excluding carboxylic acids is 1. The Morgan fingerprint density at radius 2 is 2.15 bits per heavy atom. The van der Waals surface area contributed by atoms with Crippen LogP contribution in [-0.4, -0.2) is 50.7 Å². The van der Waals surface area contributed by atoms with E-state index in [1.165, 1.54) is 6.20 Å². The second-order valence-electron chi connectivity index (χ2n) is 5.72. The number of tetrazole rings is 1.